The van der Waals surface area contributed by atoms with Gasteiger partial charge in [0.2, 0.25) is 0 Å². The van der Waals surface area contributed by atoms with Crippen molar-refractivity contribution in [3.05, 3.63) is 35.7 Å². The van der Waals surface area contributed by atoms with Gasteiger partial charge in [-0.1, -0.05) is 23.9 Å². The Bertz CT molecular complexity index is 693. The summed E-state index contributed by atoms with van der Waals surface area (Å²) in [5, 5.41) is 27.4. The standard InChI is InChI=1S/C12H12BN3O4S/c1-16-6-14-15-12(16)21-9-5-7-3-2-4-8(11(17)18)10(7)20-13(9)19/h2-4,6,9,19H,5H2,1H3,(H,17,18). The fraction of sp³-hybridized carbons (Fsp3) is 0.250. The molecule has 0 radical (unpaired) electrons. The van der Waals surface area contributed by atoms with Crippen molar-refractivity contribution in [2.45, 2.75) is 16.7 Å². The molecule has 2 aromatic rings. The van der Waals surface area contributed by atoms with Crippen LogP contribution in [0.25, 0.3) is 0 Å². The molecule has 2 N–H and O–H groups in total. The van der Waals surface area contributed by atoms with Gasteiger partial charge in [-0.05, 0) is 18.1 Å². The van der Waals surface area contributed by atoms with Gasteiger partial charge in [0.25, 0.3) is 0 Å². The van der Waals surface area contributed by atoms with E-state index in [4.69, 9.17) is 9.76 Å². The maximum Gasteiger partial charge on any atom is 0.537 e. The first-order valence-electron chi connectivity index (χ1n) is 6.27. The highest BCUT2D eigenvalue weighted by Gasteiger charge is 2.38. The van der Waals surface area contributed by atoms with Crippen LogP contribution < -0.4 is 4.65 Å². The van der Waals surface area contributed by atoms with Gasteiger partial charge in [-0.2, -0.15) is 0 Å². The minimum Gasteiger partial charge on any atom is -0.535 e. The predicted molar refractivity (Wildman–Crippen MR) is 76.4 cm³/mol. The van der Waals surface area contributed by atoms with Crippen LogP contribution in [-0.2, 0) is 13.5 Å². The molecule has 0 bridgehead atoms. The highest BCUT2D eigenvalue weighted by Crippen LogP contribution is 2.35. The lowest BCUT2D eigenvalue weighted by Crippen LogP contribution is -2.41. The molecule has 1 aromatic carbocycles. The monoisotopic (exact) mass is 305 g/mol. The van der Waals surface area contributed by atoms with Crippen molar-refractivity contribution < 1.29 is 19.6 Å². The number of aromatic carboxylic acids is 1. The van der Waals surface area contributed by atoms with Gasteiger partial charge in [0.1, 0.15) is 12.1 Å². The molecule has 2 heterocycles. The van der Waals surface area contributed by atoms with Crippen LogP contribution in [0.4, 0.5) is 0 Å². The van der Waals surface area contributed by atoms with Crippen molar-refractivity contribution >= 4 is 24.8 Å². The number of para-hydroxylation sites is 1. The summed E-state index contributed by atoms with van der Waals surface area (Å²) in [5.74, 6) is -0.828. The lowest BCUT2D eigenvalue weighted by atomic mass is 9.77. The zero-order valence-corrected chi connectivity index (χ0v) is 11.9. The molecule has 108 valence electrons. The van der Waals surface area contributed by atoms with Gasteiger partial charge in [0.15, 0.2) is 5.16 Å². The Morgan fingerprint density at radius 2 is 2.38 bits per heavy atom. The van der Waals surface area contributed by atoms with Crippen LogP contribution in [0.3, 0.4) is 0 Å². The number of carboxylic acids is 1. The van der Waals surface area contributed by atoms with E-state index in [0.717, 1.165) is 5.56 Å². The third-order valence-corrected chi connectivity index (χ3v) is 4.51. The average molecular weight is 305 g/mol. The van der Waals surface area contributed by atoms with Crippen LogP contribution in [0.15, 0.2) is 29.7 Å². The first kappa shape index (κ1) is 14.0. The molecule has 3 rings (SSSR count). The summed E-state index contributed by atoms with van der Waals surface area (Å²) in [7, 11) is 0.717. The number of nitrogens with zero attached hydrogens (tertiary/aromatic N) is 3. The van der Waals surface area contributed by atoms with E-state index in [0.29, 0.717) is 11.6 Å². The molecule has 1 atom stereocenters. The van der Waals surface area contributed by atoms with E-state index in [9.17, 15) is 9.82 Å². The molecular weight excluding hydrogens is 293 g/mol. The Hall–Kier alpha value is -2.00. The van der Waals surface area contributed by atoms with Gasteiger partial charge in [-0.3, -0.25) is 0 Å². The molecule has 0 aliphatic carbocycles. The maximum absolute atomic E-state index is 11.2. The van der Waals surface area contributed by atoms with Crippen molar-refractivity contribution in [3.63, 3.8) is 0 Å². The van der Waals surface area contributed by atoms with Crippen LogP contribution in [0.1, 0.15) is 15.9 Å². The molecule has 0 amide bonds. The van der Waals surface area contributed by atoms with Crippen LogP contribution in [-0.4, -0.2) is 43.1 Å². The van der Waals surface area contributed by atoms with E-state index in [1.165, 1.54) is 17.8 Å². The maximum atomic E-state index is 11.2. The number of benzene rings is 1. The molecule has 0 saturated carbocycles. The smallest absolute Gasteiger partial charge is 0.535 e. The lowest BCUT2D eigenvalue weighted by Gasteiger charge is -2.27. The number of hydrogen-bond donors (Lipinski definition) is 2. The molecule has 7 nitrogen and oxygen atoms in total. The van der Waals surface area contributed by atoms with Gasteiger partial charge in [0, 0.05) is 7.05 Å². The predicted octanol–water partition coefficient (Wildman–Crippen LogP) is 0.629. The van der Waals surface area contributed by atoms with Crippen molar-refractivity contribution in [3.8, 4) is 5.75 Å². The summed E-state index contributed by atoms with van der Waals surface area (Å²) in [6.07, 6.45) is 2.07. The number of rotatable bonds is 3. The Kier molecular flexibility index (Phi) is 3.60. The fourth-order valence-corrected chi connectivity index (χ4v) is 3.20. The average Bonchev–Trinajstić information content (AvgIpc) is 2.84. The SMILES string of the molecule is Cn1cnnc1SC1Cc2cccc(C(=O)O)c2OB1O. The second kappa shape index (κ2) is 5.42. The van der Waals surface area contributed by atoms with E-state index >= 15 is 0 Å². The van der Waals surface area contributed by atoms with E-state index in [1.54, 1.807) is 23.0 Å². The normalized spacial score (nSPS) is 17.2. The molecule has 1 aliphatic heterocycles. The summed E-state index contributed by atoms with van der Waals surface area (Å²) in [6, 6.07) is 4.94. The van der Waals surface area contributed by atoms with Crippen molar-refractivity contribution in [2.75, 3.05) is 0 Å². The van der Waals surface area contributed by atoms with Crippen molar-refractivity contribution in [2.24, 2.45) is 7.05 Å². The first-order valence-corrected chi connectivity index (χ1v) is 7.15. The van der Waals surface area contributed by atoms with E-state index in [-0.39, 0.29) is 16.5 Å². The third-order valence-electron chi connectivity index (χ3n) is 3.23. The molecular formula is C12H12BN3O4S. The summed E-state index contributed by atoms with van der Waals surface area (Å²) in [6.45, 7) is 0. The number of thioether (sulfide) groups is 1. The molecule has 1 unspecified atom stereocenters. The topological polar surface area (TPSA) is 97.5 Å². The van der Waals surface area contributed by atoms with Gasteiger partial charge < -0.3 is 19.4 Å². The number of carboxylic acid groups (broad SMARTS) is 1. The molecule has 21 heavy (non-hydrogen) atoms. The van der Waals surface area contributed by atoms with Gasteiger partial charge in [0.05, 0.1) is 10.7 Å². The molecule has 0 spiro atoms. The Balaban J connectivity index is 1.87. The minimum atomic E-state index is -1.10. The molecule has 0 fully saturated rings. The Morgan fingerprint density at radius 3 is 3.05 bits per heavy atom. The number of carbonyl (C=O) groups is 1. The highest BCUT2D eigenvalue weighted by molar-refractivity contribution is 8.01. The van der Waals surface area contributed by atoms with E-state index in [1.807, 2.05) is 7.05 Å². The van der Waals surface area contributed by atoms with Gasteiger partial charge in [-0.25, -0.2) is 4.79 Å². The Morgan fingerprint density at radius 1 is 1.57 bits per heavy atom. The number of fused-ring (bicyclic) bond motifs is 1. The van der Waals surface area contributed by atoms with Gasteiger partial charge >= 0.3 is 13.1 Å². The first-order chi connectivity index (χ1) is 10.1. The number of aromatic nitrogens is 3. The molecule has 1 aliphatic rings. The van der Waals surface area contributed by atoms with Crippen LogP contribution in [0.5, 0.6) is 5.75 Å². The van der Waals surface area contributed by atoms with Crippen LogP contribution >= 0.6 is 11.8 Å². The second-order valence-electron chi connectivity index (χ2n) is 4.69. The fourth-order valence-electron chi connectivity index (χ4n) is 2.18. The molecule has 0 saturated heterocycles. The van der Waals surface area contributed by atoms with Gasteiger partial charge in [-0.15, -0.1) is 10.2 Å². The molecule has 1 aromatic heterocycles. The summed E-state index contributed by atoms with van der Waals surface area (Å²) in [4.78, 5) is 11.2. The zero-order chi connectivity index (χ0) is 15.0. The zero-order valence-electron chi connectivity index (χ0n) is 11.1. The second-order valence-corrected chi connectivity index (χ2v) is 5.90. The Labute approximate surface area is 125 Å². The van der Waals surface area contributed by atoms with Crippen LogP contribution in [0.2, 0.25) is 0 Å². The van der Waals surface area contributed by atoms with Crippen molar-refractivity contribution in [1.29, 1.82) is 0 Å². The van der Waals surface area contributed by atoms with Crippen molar-refractivity contribution in [1.82, 2.24) is 14.8 Å². The highest BCUT2D eigenvalue weighted by atomic mass is 32.2. The molecule has 9 heteroatoms. The number of hydrogen-bond acceptors (Lipinski definition) is 6. The van der Waals surface area contributed by atoms with E-state index in [2.05, 4.69) is 10.2 Å². The van der Waals surface area contributed by atoms with E-state index < -0.39 is 13.1 Å². The third kappa shape index (κ3) is 2.61. The lowest BCUT2D eigenvalue weighted by molar-refractivity contribution is 0.0694. The summed E-state index contributed by atoms with van der Waals surface area (Å²) in [5.41, 5.74) is 0.827. The number of aryl methyl sites for hydroxylation is 1. The quantitative estimate of drug-likeness (QED) is 0.803. The van der Waals surface area contributed by atoms with Crippen LogP contribution in [0, 0.1) is 0 Å². The minimum absolute atomic E-state index is 0.0636. The summed E-state index contributed by atoms with van der Waals surface area (Å²) >= 11 is 1.35. The summed E-state index contributed by atoms with van der Waals surface area (Å²) < 4.78 is 7.17. The largest absolute Gasteiger partial charge is 0.537 e.